The van der Waals surface area contributed by atoms with Crippen molar-refractivity contribution in [3.63, 3.8) is 0 Å². The molecule has 0 saturated heterocycles. The summed E-state index contributed by atoms with van der Waals surface area (Å²) in [6.45, 7) is 11.7. The SMILES string of the molecule is CC(C)Oc1ccc(C(=O)c2cc(OC(C)C)cc(OC(C)C)c2)cc1. The Morgan fingerprint density at radius 3 is 1.46 bits per heavy atom. The van der Waals surface area contributed by atoms with E-state index < -0.39 is 0 Å². The second-order valence-corrected chi connectivity index (χ2v) is 7.05. The third kappa shape index (κ3) is 5.80. The first kappa shape index (κ1) is 19.8. The summed E-state index contributed by atoms with van der Waals surface area (Å²) >= 11 is 0. The second-order valence-electron chi connectivity index (χ2n) is 7.05. The molecule has 0 aliphatic heterocycles. The lowest BCUT2D eigenvalue weighted by atomic mass is 10.0. The molecule has 0 aliphatic rings. The van der Waals surface area contributed by atoms with Gasteiger partial charge in [0.15, 0.2) is 5.78 Å². The van der Waals surface area contributed by atoms with Crippen LogP contribution in [0.5, 0.6) is 17.2 Å². The van der Waals surface area contributed by atoms with Gasteiger partial charge in [0.1, 0.15) is 17.2 Å². The van der Waals surface area contributed by atoms with Crippen LogP contribution < -0.4 is 14.2 Å². The van der Waals surface area contributed by atoms with E-state index >= 15 is 0 Å². The molecule has 140 valence electrons. The lowest BCUT2D eigenvalue weighted by molar-refractivity contribution is 0.103. The van der Waals surface area contributed by atoms with Crippen molar-refractivity contribution in [3.05, 3.63) is 53.6 Å². The molecule has 0 radical (unpaired) electrons. The van der Waals surface area contributed by atoms with E-state index in [9.17, 15) is 4.79 Å². The fourth-order valence-corrected chi connectivity index (χ4v) is 2.51. The van der Waals surface area contributed by atoms with Gasteiger partial charge in [0.05, 0.1) is 18.3 Å². The quantitative estimate of drug-likeness (QED) is 0.604. The first-order valence-electron chi connectivity index (χ1n) is 9.04. The Balaban J connectivity index is 2.31. The molecule has 4 heteroatoms. The molecule has 0 aromatic heterocycles. The molecule has 4 nitrogen and oxygen atoms in total. The third-order valence-electron chi connectivity index (χ3n) is 3.37. The van der Waals surface area contributed by atoms with Crippen molar-refractivity contribution >= 4 is 5.78 Å². The molecule has 0 fully saturated rings. The first-order chi connectivity index (χ1) is 12.2. The topological polar surface area (TPSA) is 44.8 Å². The van der Waals surface area contributed by atoms with Gasteiger partial charge in [-0.2, -0.15) is 0 Å². The van der Waals surface area contributed by atoms with Gasteiger partial charge in [-0.25, -0.2) is 0 Å². The van der Waals surface area contributed by atoms with Crippen molar-refractivity contribution < 1.29 is 19.0 Å². The van der Waals surface area contributed by atoms with Crippen molar-refractivity contribution in [1.82, 2.24) is 0 Å². The highest BCUT2D eigenvalue weighted by molar-refractivity contribution is 6.09. The number of hydrogen-bond acceptors (Lipinski definition) is 4. The molecule has 26 heavy (non-hydrogen) atoms. The van der Waals surface area contributed by atoms with Crippen LogP contribution in [-0.4, -0.2) is 24.1 Å². The van der Waals surface area contributed by atoms with Gasteiger partial charge >= 0.3 is 0 Å². The third-order valence-corrected chi connectivity index (χ3v) is 3.37. The summed E-state index contributed by atoms with van der Waals surface area (Å²) in [5, 5.41) is 0. The van der Waals surface area contributed by atoms with E-state index in [-0.39, 0.29) is 24.1 Å². The van der Waals surface area contributed by atoms with Crippen LogP contribution in [0.25, 0.3) is 0 Å². The molecular formula is C22H28O4. The molecule has 0 spiro atoms. The Morgan fingerprint density at radius 2 is 1.04 bits per heavy atom. The van der Waals surface area contributed by atoms with Crippen molar-refractivity contribution in [2.75, 3.05) is 0 Å². The summed E-state index contributed by atoms with van der Waals surface area (Å²) in [5.41, 5.74) is 1.13. The highest BCUT2D eigenvalue weighted by Crippen LogP contribution is 2.27. The average Bonchev–Trinajstić information content (AvgIpc) is 2.52. The Kier molecular flexibility index (Phi) is 6.67. The van der Waals surface area contributed by atoms with E-state index in [4.69, 9.17) is 14.2 Å². The zero-order chi connectivity index (χ0) is 19.3. The van der Waals surface area contributed by atoms with Crippen LogP contribution in [0.3, 0.4) is 0 Å². The molecule has 0 bridgehead atoms. The fourth-order valence-electron chi connectivity index (χ4n) is 2.51. The molecule has 0 heterocycles. The molecule has 2 aromatic carbocycles. The number of carbonyl (C=O) groups is 1. The molecule has 0 aliphatic carbocycles. The Labute approximate surface area is 156 Å². The maximum Gasteiger partial charge on any atom is 0.193 e. The normalized spacial score (nSPS) is 11.1. The van der Waals surface area contributed by atoms with E-state index in [0.717, 1.165) is 5.75 Å². The average molecular weight is 356 g/mol. The highest BCUT2D eigenvalue weighted by Gasteiger charge is 2.14. The highest BCUT2D eigenvalue weighted by atomic mass is 16.5. The minimum Gasteiger partial charge on any atom is -0.491 e. The summed E-state index contributed by atoms with van der Waals surface area (Å²) in [5.74, 6) is 1.92. The molecule has 0 unspecified atom stereocenters. The van der Waals surface area contributed by atoms with Gasteiger partial charge in [0, 0.05) is 17.2 Å². The summed E-state index contributed by atoms with van der Waals surface area (Å²) in [4.78, 5) is 12.9. The maximum absolute atomic E-state index is 12.9. The summed E-state index contributed by atoms with van der Waals surface area (Å²) in [6.07, 6.45) is 0.122. The van der Waals surface area contributed by atoms with Crippen molar-refractivity contribution in [1.29, 1.82) is 0 Å². The molecule has 0 amide bonds. The van der Waals surface area contributed by atoms with E-state index in [0.29, 0.717) is 22.6 Å². The zero-order valence-electron chi connectivity index (χ0n) is 16.4. The molecule has 0 saturated carbocycles. The predicted octanol–water partition coefficient (Wildman–Crippen LogP) is 5.28. The lowest BCUT2D eigenvalue weighted by Crippen LogP contribution is -2.10. The van der Waals surface area contributed by atoms with Gasteiger partial charge in [0.2, 0.25) is 0 Å². The van der Waals surface area contributed by atoms with E-state index in [1.807, 2.05) is 59.7 Å². The molecular weight excluding hydrogens is 328 g/mol. The minimum absolute atomic E-state index is 0.0136. The van der Waals surface area contributed by atoms with Crippen LogP contribution in [0.15, 0.2) is 42.5 Å². The van der Waals surface area contributed by atoms with Crippen LogP contribution in [0, 0.1) is 0 Å². The molecule has 0 N–H and O–H groups in total. The molecule has 0 atom stereocenters. The molecule has 2 aromatic rings. The van der Waals surface area contributed by atoms with Gasteiger partial charge in [-0.1, -0.05) is 0 Å². The van der Waals surface area contributed by atoms with Crippen molar-refractivity contribution in [2.45, 2.75) is 59.9 Å². The minimum atomic E-state index is -0.0797. The Morgan fingerprint density at radius 1 is 0.615 bits per heavy atom. The number of benzene rings is 2. The summed E-state index contributed by atoms with van der Waals surface area (Å²) < 4.78 is 17.2. The van der Waals surface area contributed by atoms with E-state index in [1.54, 1.807) is 24.3 Å². The first-order valence-corrected chi connectivity index (χ1v) is 9.04. The lowest BCUT2D eigenvalue weighted by Gasteiger charge is -2.15. The second kappa shape index (κ2) is 8.75. The number of ketones is 1. The number of rotatable bonds is 8. The van der Waals surface area contributed by atoms with Crippen LogP contribution >= 0.6 is 0 Å². The van der Waals surface area contributed by atoms with Crippen molar-refractivity contribution in [2.24, 2.45) is 0 Å². The van der Waals surface area contributed by atoms with Gasteiger partial charge in [-0.05, 0) is 77.9 Å². The number of carbonyl (C=O) groups excluding carboxylic acids is 1. The Bertz CT molecular complexity index is 702. The Hall–Kier alpha value is -2.49. The number of ether oxygens (including phenoxy) is 3. The van der Waals surface area contributed by atoms with Gasteiger partial charge < -0.3 is 14.2 Å². The number of hydrogen-bond donors (Lipinski definition) is 0. The molecule has 2 rings (SSSR count). The monoisotopic (exact) mass is 356 g/mol. The van der Waals surface area contributed by atoms with Gasteiger partial charge in [-0.15, -0.1) is 0 Å². The van der Waals surface area contributed by atoms with Gasteiger partial charge in [0.25, 0.3) is 0 Å². The van der Waals surface area contributed by atoms with Crippen LogP contribution in [-0.2, 0) is 0 Å². The van der Waals surface area contributed by atoms with E-state index in [1.165, 1.54) is 0 Å². The van der Waals surface area contributed by atoms with Crippen LogP contribution in [0.2, 0.25) is 0 Å². The van der Waals surface area contributed by atoms with Gasteiger partial charge in [-0.3, -0.25) is 4.79 Å². The standard InChI is InChI=1S/C22H28O4/c1-14(2)24-19-9-7-17(8-10-19)22(23)18-11-20(25-15(3)4)13-21(12-18)26-16(5)6/h7-16H,1-6H3. The smallest absolute Gasteiger partial charge is 0.193 e. The predicted molar refractivity (Wildman–Crippen MR) is 104 cm³/mol. The van der Waals surface area contributed by atoms with Crippen LogP contribution in [0.4, 0.5) is 0 Å². The van der Waals surface area contributed by atoms with E-state index in [2.05, 4.69) is 0 Å². The summed E-state index contributed by atoms with van der Waals surface area (Å²) in [6, 6.07) is 12.5. The zero-order valence-corrected chi connectivity index (χ0v) is 16.4. The fraction of sp³-hybridized carbons (Fsp3) is 0.409. The summed E-state index contributed by atoms with van der Waals surface area (Å²) in [7, 11) is 0. The maximum atomic E-state index is 12.9. The van der Waals surface area contributed by atoms with Crippen molar-refractivity contribution in [3.8, 4) is 17.2 Å². The van der Waals surface area contributed by atoms with Crippen LogP contribution in [0.1, 0.15) is 57.5 Å². The largest absolute Gasteiger partial charge is 0.491 e.